The minimum atomic E-state index is -0.373. The van der Waals surface area contributed by atoms with Crippen molar-refractivity contribution in [2.75, 3.05) is 27.2 Å². The van der Waals surface area contributed by atoms with E-state index in [9.17, 15) is 14.4 Å². The molecule has 0 aromatic heterocycles. The largest absolute Gasteiger partial charge is 0.497 e. The van der Waals surface area contributed by atoms with Crippen LogP contribution in [0.2, 0.25) is 0 Å². The van der Waals surface area contributed by atoms with E-state index in [1.165, 1.54) is 0 Å². The van der Waals surface area contributed by atoms with Crippen molar-refractivity contribution in [3.63, 3.8) is 0 Å². The van der Waals surface area contributed by atoms with E-state index in [1.54, 1.807) is 7.11 Å². The van der Waals surface area contributed by atoms with Crippen molar-refractivity contribution in [2.24, 2.45) is 11.8 Å². The van der Waals surface area contributed by atoms with E-state index in [2.05, 4.69) is 25.2 Å². The Morgan fingerprint density at radius 3 is 2.53 bits per heavy atom. The molecule has 0 radical (unpaired) electrons. The van der Waals surface area contributed by atoms with Crippen LogP contribution in [0.25, 0.3) is 0 Å². The quantitative estimate of drug-likeness (QED) is 0.670. The number of nitrogens with zero attached hydrogens (tertiary/aromatic N) is 2. The molecule has 3 amide bonds. The predicted octanol–water partition coefficient (Wildman–Crippen LogP) is 2.63. The highest BCUT2D eigenvalue weighted by Crippen LogP contribution is 2.29. The summed E-state index contributed by atoms with van der Waals surface area (Å²) in [7, 11) is 3.58. The van der Waals surface area contributed by atoms with E-state index in [-0.39, 0.29) is 29.8 Å². The lowest BCUT2D eigenvalue weighted by Crippen LogP contribution is -2.51. The van der Waals surface area contributed by atoms with Crippen LogP contribution in [0.4, 0.5) is 0 Å². The van der Waals surface area contributed by atoms with Gasteiger partial charge in [-0.25, -0.2) is 0 Å². The van der Waals surface area contributed by atoms with Gasteiger partial charge < -0.3 is 19.9 Å². The first-order valence-electron chi connectivity index (χ1n) is 11.7. The van der Waals surface area contributed by atoms with E-state index in [1.807, 2.05) is 35.0 Å². The molecule has 1 N–H and O–H groups in total. The summed E-state index contributed by atoms with van der Waals surface area (Å²) in [6.45, 7) is 5.46. The van der Waals surface area contributed by atoms with Gasteiger partial charge in [0.05, 0.1) is 7.11 Å². The van der Waals surface area contributed by atoms with Crippen molar-refractivity contribution >= 4 is 17.7 Å². The maximum Gasteiger partial charge on any atom is 0.245 e. The number of methoxy groups -OCH3 is 1. The van der Waals surface area contributed by atoms with Crippen LogP contribution in [-0.2, 0) is 20.8 Å². The summed E-state index contributed by atoms with van der Waals surface area (Å²) in [6.07, 6.45) is 4.00. The number of nitrogens with one attached hydrogen (secondary N) is 1. The highest BCUT2D eigenvalue weighted by molar-refractivity contribution is 5.90. The molecule has 2 heterocycles. The van der Waals surface area contributed by atoms with Gasteiger partial charge in [-0.05, 0) is 55.2 Å². The summed E-state index contributed by atoms with van der Waals surface area (Å²) < 4.78 is 5.38. The SMILES string of the molecule is COc1cccc(CC(C2CCN(C(=O)[C@@H]3CCC(=O)N3)CC2)N(C)C(=O)CC(C)C)c1. The van der Waals surface area contributed by atoms with Crippen molar-refractivity contribution in [3.05, 3.63) is 29.8 Å². The van der Waals surface area contributed by atoms with Crippen LogP contribution in [0.15, 0.2) is 24.3 Å². The van der Waals surface area contributed by atoms with Gasteiger partial charge in [-0.15, -0.1) is 0 Å². The molecule has 1 aromatic rings. The molecular formula is C25H37N3O4. The normalized spacial score (nSPS) is 20.2. The van der Waals surface area contributed by atoms with Crippen LogP contribution >= 0.6 is 0 Å². The van der Waals surface area contributed by atoms with E-state index in [4.69, 9.17) is 4.74 Å². The molecule has 176 valence electrons. The fraction of sp³-hybridized carbons (Fsp3) is 0.640. The predicted molar refractivity (Wildman–Crippen MR) is 123 cm³/mol. The maximum atomic E-state index is 12.9. The Labute approximate surface area is 191 Å². The van der Waals surface area contributed by atoms with Crippen molar-refractivity contribution in [3.8, 4) is 5.75 Å². The lowest BCUT2D eigenvalue weighted by Gasteiger charge is -2.41. The fourth-order valence-corrected chi connectivity index (χ4v) is 4.86. The Bertz CT molecular complexity index is 817. The van der Waals surface area contributed by atoms with E-state index in [0.717, 1.165) is 30.6 Å². The molecule has 1 unspecified atom stereocenters. The average Bonchev–Trinajstić information content (AvgIpc) is 3.22. The van der Waals surface area contributed by atoms with Crippen LogP contribution in [0.3, 0.4) is 0 Å². The highest BCUT2D eigenvalue weighted by Gasteiger charge is 2.36. The molecule has 0 bridgehead atoms. The second-order valence-corrected chi connectivity index (χ2v) is 9.55. The summed E-state index contributed by atoms with van der Waals surface area (Å²) in [4.78, 5) is 41.0. The minimum Gasteiger partial charge on any atom is -0.497 e. The number of carbonyl (C=O) groups is 3. The van der Waals surface area contributed by atoms with Crippen molar-refractivity contribution in [1.82, 2.24) is 15.1 Å². The van der Waals surface area contributed by atoms with Gasteiger partial charge in [0.15, 0.2) is 0 Å². The van der Waals surface area contributed by atoms with Crippen molar-refractivity contribution in [1.29, 1.82) is 0 Å². The van der Waals surface area contributed by atoms with E-state index in [0.29, 0.717) is 44.2 Å². The van der Waals surface area contributed by atoms with Gasteiger partial charge in [0.2, 0.25) is 17.7 Å². The molecule has 2 fully saturated rings. The molecule has 7 heteroatoms. The zero-order valence-corrected chi connectivity index (χ0v) is 19.8. The van der Waals surface area contributed by atoms with Gasteiger partial charge in [-0.1, -0.05) is 26.0 Å². The Hall–Kier alpha value is -2.57. The number of likely N-dealkylation sites (N-methyl/N-ethyl adjacent to an activating group) is 1. The Balaban J connectivity index is 1.69. The number of ether oxygens (including phenoxy) is 1. The number of carbonyl (C=O) groups excluding carboxylic acids is 3. The average molecular weight is 444 g/mol. The molecule has 7 nitrogen and oxygen atoms in total. The van der Waals surface area contributed by atoms with E-state index >= 15 is 0 Å². The second kappa shape index (κ2) is 10.8. The molecule has 3 rings (SSSR count). The third kappa shape index (κ3) is 6.02. The third-order valence-corrected chi connectivity index (χ3v) is 6.74. The Morgan fingerprint density at radius 1 is 1.22 bits per heavy atom. The van der Waals surface area contributed by atoms with Crippen molar-refractivity contribution in [2.45, 2.75) is 64.5 Å². The summed E-state index contributed by atoms with van der Waals surface area (Å²) in [5.74, 6) is 1.59. The van der Waals surface area contributed by atoms with Crippen LogP contribution < -0.4 is 10.1 Å². The smallest absolute Gasteiger partial charge is 0.245 e. The van der Waals surface area contributed by atoms with Gasteiger partial charge in [0, 0.05) is 39.0 Å². The molecule has 2 atom stereocenters. The van der Waals surface area contributed by atoms with Crippen molar-refractivity contribution < 1.29 is 19.1 Å². The maximum absolute atomic E-state index is 12.9. The summed E-state index contributed by atoms with van der Waals surface area (Å²) in [5, 5.41) is 2.78. The number of benzene rings is 1. The summed E-state index contributed by atoms with van der Waals surface area (Å²) >= 11 is 0. The molecule has 32 heavy (non-hydrogen) atoms. The topological polar surface area (TPSA) is 79.0 Å². The minimum absolute atomic E-state index is 0.0304. The monoisotopic (exact) mass is 443 g/mol. The van der Waals surface area contributed by atoms with Crippen LogP contribution in [0.1, 0.15) is 51.5 Å². The zero-order chi connectivity index (χ0) is 23.3. The molecule has 1 aromatic carbocycles. The Kier molecular flexibility index (Phi) is 8.15. The number of likely N-dealkylation sites (tertiary alicyclic amines) is 1. The molecule has 2 saturated heterocycles. The number of piperidine rings is 1. The highest BCUT2D eigenvalue weighted by atomic mass is 16.5. The molecule has 0 spiro atoms. The molecule has 0 aliphatic carbocycles. The first kappa shape index (κ1) is 24.1. The van der Waals surface area contributed by atoms with Gasteiger partial charge in [0.25, 0.3) is 0 Å². The van der Waals surface area contributed by atoms with Gasteiger partial charge in [-0.3, -0.25) is 14.4 Å². The lowest BCUT2D eigenvalue weighted by atomic mass is 9.84. The molecule has 2 aliphatic heterocycles. The van der Waals surface area contributed by atoms with Gasteiger partial charge in [-0.2, -0.15) is 0 Å². The second-order valence-electron chi connectivity index (χ2n) is 9.55. The van der Waals surface area contributed by atoms with Crippen LogP contribution in [0, 0.1) is 11.8 Å². The first-order chi connectivity index (χ1) is 15.3. The number of hydrogen-bond acceptors (Lipinski definition) is 4. The lowest BCUT2D eigenvalue weighted by molar-refractivity contribution is -0.138. The molecular weight excluding hydrogens is 406 g/mol. The fourth-order valence-electron chi connectivity index (χ4n) is 4.86. The number of hydrogen-bond donors (Lipinski definition) is 1. The molecule has 0 saturated carbocycles. The van der Waals surface area contributed by atoms with Gasteiger partial charge >= 0.3 is 0 Å². The first-order valence-corrected chi connectivity index (χ1v) is 11.7. The van der Waals surface area contributed by atoms with E-state index < -0.39 is 0 Å². The van der Waals surface area contributed by atoms with Crippen LogP contribution in [0.5, 0.6) is 5.75 Å². The molecule has 2 aliphatic rings. The third-order valence-electron chi connectivity index (χ3n) is 6.74. The van der Waals surface area contributed by atoms with Gasteiger partial charge in [0.1, 0.15) is 11.8 Å². The standard InChI is InChI=1S/C25H37N3O4/c1-17(2)14-24(30)27(3)22(16-18-6-5-7-20(15-18)32-4)19-10-12-28(13-11-19)25(31)21-8-9-23(29)26-21/h5-7,15,17,19,21-22H,8-14,16H2,1-4H3,(H,26,29)/t21-,22?/m0/s1. The number of rotatable bonds is 8. The zero-order valence-electron chi connectivity index (χ0n) is 19.8. The summed E-state index contributed by atoms with van der Waals surface area (Å²) in [5.41, 5.74) is 1.14. The Morgan fingerprint density at radius 2 is 1.94 bits per heavy atom. The number of amides is 3. The summed E-state index contributed by atoms with van der Waals surface area (Å²) in [6, 6.07) is 7.72. The van der Waals surface area contributed by atoms with Crippen LogP contribution in [-0.4, -0.2) is 66.9 Å².